The van der Waals surface area contributed by atoms with E-state index in [9.17, 15) is 18.0 Å². The number of carbonyl (C=O) groups excluding carboxylic acids is 2. The van der Waals surface area contributed by atoms with Gasteiger partial charge in [-0.1, -0.05) is 66.2 Å². The molecule has 2 amide bonds. The van der Waals surface area contributed by atoms with Crippen LogP contribution in [0.3, 0.4) is 0 Å². The molecule has 0 fully saturated rings. The summed E-state index contributed by atoms with van der Waals surface area (Å²) in [6.45, 7) is 0.262. The Balaban J connectivity index is 1.64. The molecule has 0 aliphatic heterocycles. The maximum absolute atomic E-state index is 12.8. The van der Waals surface area contributed by atoms with Crippen molar-refractivity contribution in [3.63, 3.8) is 0 Å². The van der Waals surface area contributed by atoms with Gasteiger partial charge in [0.05, 0.1) is 29.3 Å². The molecule has 3 aromatic rings. The number of sulfonamides is 1. The molecule has 3 N–H and O–H groups in total. The summed E-state index contributed by atoms with van der Waals surface area (Å²) in [4.78, 5) is 25.4. The van der Waals surface area contributed by atoms with Crippen molar-refractivity contribution in [1.82, 2.24) is 10.6 Å². The fourth-order valence-electron chi connectivity index (χ4n) is 3.18. The fourth-order valence-corrected chi connectivity index (χ4v) is 3.97. The highest BCUT2D eigenvalue weighted by molar-refractivity contribution is 7.92. The average Bonchev–Trinajstić information content (AvgIpc) is 2.78. The summed E-state index contributed by atoms with van der Waals surface area (Å²) in [6.07, 6.45) is 1.11. The second kappa shape index (κ2) is 11.0. The van der Waals surface area contributed by atoms with Gasteiger partial charge in [-0.25, -0.2) is 8.42 Å². The highest BCUT2D eigenvalue weighted by atomic mass is 35.5. The molecule has 0 saturated heterocycles. The van der Waals surface area contributed by atoms with Crippen molar-refractivity contribution in [3.05, 3.63) is 101 Å². The maximum atomic E-state index is 12.8. The summed E-state index contributed by atoms with van der Waals surface area (Å²) >= 11 is 6.14. The predicted molar refractivity (Wildman–Crippen MR) is 129 cm³/mol. The summed E-state index contributed by atoms with van der Waals surface area (Å²) < 4.78 is 25.0. The minimum Gasteiger partial charge on any atom is -0.352 e. The molecular weight excluding hydrogens is 462 g/mol. The summed E-state index contributed by atoms with van der Waals surface area (Å²) in [5.74, 6) is -0.613. The minimum atomic E-state index is -3.35. The molecule has 9 heteroatoms. The van der Waals surface area contributed by atoms with Crippen LogP contribution >= 0.6 is 11.6 Å². The molecule has 0 aliphatic rings. The molecule has 0 radical (unpaired) electrons. The van der Waals surface area contributed by atoms with Crippen LogP contribution in [0.15, 0.2) is 78.9 Å². The third kappa shape index (κ3) is 7.62. The Bertz CT molecular complexity index is 1220. The van der Waals surface area contributed by atoms with E-state index in [4.69, 9.17) is 11.6 Å². The van der Waals surface area contributed by atoms with Crippen LogP contribution in [0.5, 0.6) is 0 Å². The SMILES string of the molecule is CS(=O)(=O)Nc1ccc(CNC(=O)C[C@H](NC(=O)c2ccccc2Cl)c2ccccc2)cc1. The molecule has 0 saturated carbocycles. The standard InChI is InChI=1S/C24H24ClN3O4S/c1-33(31,32)28-19-13-11-17(12-14-19)16-26-23(29)15-22(18-7-3-2-4-8-18)27-24(30)20-9-5-6-10-21(20)25/h2-14,22,28H,15-16H2,1H3,(H,26,29)(H,27,30)/t22-/m0/s1. The monoisotopic (exact) mass is 485 g/mol. The van der Waals surface area contributed by atoms with Crippen molar-refractivity contribution in [3.8, 4) is 0 Å². The van der Waals surface area contributed by atoms with Crippen molar-refractivity contribution in [2.75, 3.05) is 11.0 Å². The number of hydrogen-bond donors (Lipinski definition) is 3. The Morgan fingerprint density at radius 1 is 0.909 bits per heavy atom. The van der Waals surface area contributed by atoms with Crippen LogP contribution in [0.25, 0.3) is 0 Å². The van der Waals surface area contributed by atoms with E-state index >= 15 is 0 Å². The number of nitrogens with one attached hydrogen (secondary N) is 3. The number of halogens is 1. The molecular formula is C24H24ClN3O4S. The normalized spacial score (nSPS) is 11.9. The minimum absolute atomic E-state index is 0.0356. The highest BCUT2D eigenvalue weighted by Crippen LogP contribution is 2.20. The fraction of sp³-hybridized carbons (Fsp3) is 0.167. The lowest BCUT2D eigenvalue weighted by Crippen LogP contribution is -2.33. The number of carbonyl (C=O) groups is 2. The second-order valence-corrected chi connectivity index (χ2v) is 9.62. The van der Waals surface area contributed by atoms with Gasteiger partial charge in [0, 0.05) is 12.2 Å². The Morgan fingerprint density at radius 2 is 1.55 bits per heavy atom. The van der Waals surface area contributed by atoms with Crippen LogP contribution in [0.1, 0.15) is 33.9 Å². The van der Waals surface area contributed by atoms with Crippen molar-refractivity contribution in [2.24, 2.45) is 0 Å². The van der Waals surface area contributed by atoms with E-state index in [1.54, 1.807) is 48.5 Å². The van der Waals surface area contributed by atoms with Gasteiger partial charge in [-0.05, 0) is 35.4 Å². The lowest BCUT2D eigenvalue weighted by atomic mass is 10.0. The van der Waals surface area contributed by atoms with Crippen molar-refractivity contribution in [1.29, 1.82) is 0 Å². The van der Waals surface area contributed by atoms with Crippen LogP contribution in [0.4, 0.5) is 5.69 Å². The lowest BCUT2D eigenvalue weighted by molar-refractivity contribution is -0.121. The molecule has 33 heavy (non-hydrogen) atoms. The number of amides is 2. The Labute approximate surface area is 198 Å². The zero-order valence-corrected chi connectivity index (χ0v) is 19.5. The number of benzene rings is 3. The largest absolute Gasteiger partial charge is 0.352 e. The zero-order chi connectivity index (χ0) is 23.8. The van der Waals surface area contributed by atoms with Gasteiger partial charge in [0.15, 0.2) is 0 Å². The van der Waals surface area contributed by atoms with E-state index in [0.29, 0.717) is 16.3 Å². The van der Waals surface area contributed by atoms with E-state index in [1.807, 2.05) is 30.3 Å². The van der Waals surface area contributed by atoms with E-state index in [-0.39, 0.29) is 24.8 Å². The Kier molecular flexibility index (Phi) is 8.08. The van der Waals surface area contributed by atoms with E-state index in [1.165, 1.54) is 0 Å². The van der Waals surface area contributed by atoms with E-state index in [0.717, 1.165) is 17.4 Å². The van der Waals surface area contributed by atoms with Crippen LogP contribution in [0, 0.1) is 0 Å². The number of hydrogen-bond acceptors (Lipinski definition) is 4. The van der Waals surface area contributed by atoms with Gasteiger partial charge < -0.3 is 10.6 Å². The van der Waals surface area contributed by atoms with Gasteiger partial charge in [-0.3, -0.25) is 14.3 Å². The topological polar surface area (TPSA) is 104 Å². The van der Waals surface area contributed by atoms with Gasteiger partial charge in [0.2, 0.25) is 15.9 Å². The first-order chi connectivity index (χ1) is 15.7. The molecule has 0 aromatic heterocycles. The van der Waals surface area contributed by atoms with Gasteiger partial charge in [0.25, 0.3) is 5.91 Å². The maximum Gasteiger partial charge on any atom is 0.253 e. The highest BCUT2D eigenvalue weighted by Gasteiger charge is 2.20. The lowest BCUT2D eigenvalue weighted by Gasteiger charge is -2.19. The van der Waals surface area contributed by atoms with E-state index in [2.05, 4.69) is 15.4 Å². The number of anilines is 1. The van der Waals surface area contributed by atoms with Crippen molar-refractivity contribution < 1.29 is 18.0 Å². The molecule has 1 atom stereocenters. The van der Waals surface area contributed by atoms with Gasteiger partial charge in [-0.15, -0.1) is 0 Å². The smallest absolute Gasteiger partial charge is 0.253 e. The Hall–Kier alpha value is -3.36. The third-order valence-corrected chi connectivity index (χ3v) is 5.70. The molecule has 0 spiro atoms. The molecule has 172 valence electrons. The van der Waals surface area contributed by atoms with Crippen molar-refractivity contribution >= 4 is 39.1 Å². The van der Waals surface area contributed by atoms with Gasteiger partial charge in [-0.2, -0.15) is 0 Å². The summed E-state index contributed by atoms with van der Waals surface area (Å²) in [7, 11) is -3.35. The van der Waals surface area contributed by atoms with Crippen LogP contribution in [0.2, 0.25) is 5.02 Å². The molecule has 0 aliphatic carbocycles. The molecule has 0 unspecified atom stereocenters. The summed E-state index contributed by atoms with van der Waals surface area (Å²) in [6, 6.07) is 22.1. The summed E-state index contributed by atoms with van der Waals surface area (Å²) in [5, 5.41) is 6.07. The van der Waals surface area contributed by atoms with E-state index < -0.39 is 16.1 Å². The van der Waals surface area contributed by atoms with Gasteiger partial charge >= 0.3 is 0 Å². The summed E-state index contributed by atoms with van der Waals surface area (Å²) in [5.41, 5.74) is 2.38. The van der Waals surface area contributed by atoms with Crippen molar-refractivity contribution in [2.45, 2.75) is 19.0 Å². The molecule has 3 rings (SSSR count). The number of rotatable bonds is 9. The molecule has 7 nitrogen and oxygen atoms in total. The average molecular weight is 486 g/mol. The predicted octanol–water partition coefficient (Wildman–Crippen LogP) is 3.89. The third-order valence-electron chi connectivity index (χ3n) is 4.76. The van der Waals surface area contributed by atoms with Crippen LogP contribution in [-0.4, -0.2) is 26.5 Å². The first-order valence-corrected chi connectivity index (χ1v) is 12.4. The second-order valence-electron chi connectivity index (χ2n) is 7.47. The molecule has 0 bridgehead atoms. The quantitative estimate of drug-likeness (QED) is 0.427. The van der Waals surface area contributed by atoms with Crippen LogP contribution in [-0.2, 0) is 21.4 Å². The zero-order valence-electron chi connectivity index (χ0n) is 17.9. The molecule has 0 heterocycles. The molecule has 3 aromatic carbocycles. The van der Waals surface area contributed by atoms with Crippen LogP contribution < -0.4 is 15.4 Å². The van der Waals surface area contributed by atoms with Gasteiger partial charge in [0.1, 0.15) is 0 Å². The first kappa shape index (κ1) is 24.3. The first-order valence-electron chi connectivity index (χ1n) is 10.1. The Morgan fingerprint density at radius 3 is 2.18 bits per heavy atom.